The van der Waals surface area contributed by atoms with E-state index in [0.717, 1.165) is 170 Å². The van der Waals surface area contributed by atoms with Gasteiger partial charge in [-0.3, -0.25) is 17.9 Å². The van der Waals surface area contributed by atoms with Crippen molar-refractivity contribution in [2.75, 3.05) is 46.2 Å². The molecule has 0 bridgehead atoms. The highest BCUT2D eigenvalue weighted by molar-refractivity contribution is 9.08. The minimum absolute atomic E-state index is 0.224. The summed E-state index contributed by atoms with van der Waals surface area (Å²) in [6.07, 6.45) is 11.3. The third-order valence-electron chi connectivity index (χ3n) is 23.6. The number of unbranched alkanes of at least 4 members (excludes halogenated alkanes) is 3. The predicted octanol–water partition coefficient (Wildman–Crippen LogP) is 27.1. The molecule has 0 aliphatic carbocycles. The molecule has 12 aromatic carbocycles. The van der Waals surface area contributed by atoms with Crippen LogP contribution in [0.5, 0.6) is 0 Å². The molecule has 32 heteroatoms. The van der Waals surface area contributed by atoms with Crippen molar-refractivity contribution in [1.29, 1.82) is 0 Å². The molecule has 0 radical (unpaired) electrons. The summed E-state index contributed by atoms with van der Waals surface area (Å²) in [6, 6.07) is 83.1. The van der Waals surface area contributed by atoms with E-state index in [2.05, 4.69) is 140 Å². The zero-order valence-electron chi connectivity index (χ0n) is 77.7. The fraction of sp³-hybridized carbons (Fsp3) is 0.241. The topological polar surface area (TPSA) is 223 Å². The molecule has 1 amide bonds. The summed E-state index contributed by atoms with van der Waals surface area (Å²) in [4.78, 5) is 18.4. The van der Waals surface area contributed by atoms with Crippen molar-refractivity contribution >= 4 is 157 Å². The first-order valence-corrected chi connectivity index (χ1v) is 49.5. The molecule has 2 N–H and O–H groups in total. The van der Waals surface area contributed by atoms with Crippen LogP contribution < -0.4 is 5.32 Å². The number of carbonyl (C=O) groups is 1. The van der Waals surface area contributed by atoms with Crippen molar-refractivity contribution in [3.05, 3.63) is 356 Å². The number of hydrogen-bond acceptors (Lipinski definition) is 12. The van der Waals surface area contributed by atoms with Gasteiger partial charge in [0.05, 0.1) is 128 Å². The quantitative estimate of drug-likeness (QED) is 0.0254. The van der Waals surface area contributed by atoms with Crippen molar-refractivity contribution in [3.8, 4) is 50.8 Å². The number of para-hydroxylation sites is 3. The number of benzene rings is 12. The molecule has 6 heterocycles. The number of nitrogens with zero attached hydrogens (tertiary/aromatic N) is 9. The Bertz CT molecular complexity index is 7090. The fourth-order valence-electron chi connectivity index (χ4n) is 16.9. The Kier molecular flexibility index (Phi) is 39.4. The van der Waals surface area contributed by atoms with E-state index in [9.17, 15) is 22.4 Å². The maximum absolute atomic E-state index is 15.5. The van der Waals surface area contributed by atoms with Gasteiger partial charge in [-0.1, -0.05) is 227 Å². The van der Waals surface area contributed by atoms with E-state index in [1.807, 2.05) is 180 Å². The van der Waals surface area contributed by atoms with Crippen molar-refractivity contribution in [3.63, 3.8) is 0 Å². The van der Waals surface area contributed by atoms with Crippen LogP contribution in [-0.2, 0) is 77.1 Å². The van der Waals surface area contributed by atoms with Crippen LogP contribution in [0.15, 0.2) is 273 Å². The molecule has 0 unspecified atom stereocenters. The highest BCUT2D eigenvalue weighted by Crippen LogP contribution is 2.47. The summed E-state index contributed by atoms with van der Waals surface area (Å²) in [5.74, 6) is -0.747. The number of alkyl halides is 4. The van der Waals surface area contributed by atoms with Crippen LogP contribution in [0.25, 0.3) is 116 Å². The molecule has 0 aliphatic rings. The molecule has 0 saturated heterocycles. The maximum Gasteiger partial charge on any atom is 0.410 e. The van der Waals surface area contributed by atoms with E-state index < -0.39 is 53.1 Å². The lowest BCUT2D eigenvalue weighted by Gasteiger charge is -2.27. The van der Waals surface area contributed by atoms with E-state index in [-0.39, 0.29) is 43.8 Å². The monoisotopic (exact) mass is 2080 g/mol. The predicted molar refractivity (Wildman–Crippen MR) is 556 cm³/mol. The third kappa shape index (κ3) is 26.3. The normalized spacial score (nSPS) is 11.1. The van der Waals surface area contributed by atoms with Gasteiger partial charge in [-0.05, 0) is 230 Å². The second kappa shape index (κ2) is 52.0. The summed E-state index contributed by atoms with van der Waals surface area (Å²) in [5.41, 5.74) is 21.7. The smallest absolute Gasteiger partial charge is 0.410 e. The van der Waals surface area contributed by atoms with E-state index in [0.29, 0.717) is 95.5 Å². The second-order valence-electron chi connectivity index (χ2n) is 33.9. The number of amides is 1. The Balaban J connectivity index is 0.000000166. The maximum atomic E-state index is 15.5. The Hall–Kier alpha value is -12.7. The lowest BCUT2D eigenvalue weighted by atomic mass is 10.0. The Morgan fingerprint density at radius 1 is 0.443 bits per heavy atom. The lowest BCUT2D eigenvalue weighted by molar-refractivity contribution is 0.0247. The van der Waals surface area contributed by atoms with Crippen LogP contribution in [0, 0.1) is 38.2 Å². The highest BCUT2D eigenvalue weighted by atomic mass is 79.9. The van der Waals surface area contributed by atoms with Crippen LogP contribution >= 0.6 is 50.7 Å². The summed E-state index contributed by atoms with van der Waals surface area (Å²) in [6.45, 7) is 13.1. The number of carbonyl (C=O) groups excluding carboxylic acids is 1. The molecule has 6 aromatic heterocycles. The number of hydrogen-bond donors (Lipinski definition) is 2. The van der Waals surface area contributed by atoms with Gasteiger partial charge < -0.3 is 29.2 Å². The van der Waals surface area contributed by atoms with Crippen LogP contribution in [0.4, 0.5) is 31.1 Å². The average molecular weight is 2080 g/mol. The van der Waals surface area contributed by atoms with E-state index in [4.69, 9.17) is 80.0 Å². The van der Waals surface area contributed by atoms with Gasteiger partial charge in [0.15, 0.2) is 0 Å². The first kappa shape index (κ1) is 106. The minimum atomic E-state index is -0.750. The molecule has 19 nitrogen and oxygen atoms in total. The largest absolute Gasteiger partial charge is 0.444 e. The summed E-state index contributed by atoms with van der Waals surface area (Å²) in [5, 5.41) is 24.2. The average Bonchev–Trinajstić information content (AvgIpc) is 1.58. The van der Waals surface area contributed by atoms with Crippen molar-refractivity contribution in [1.82, 2.24) is 53.7 Å². The van der Waals surface area contributed by atoms with Gasteiger partial charge in [0.25, 0.3) is 0 Å². The van der Waals surface area contributed by atoms with Crippen molar-refractivity contribution in [2.24, 2.45) is 0 Å². The number of nitrogens with one attached hydrogen (secondary N) is 2. The number of fused-ring (bicyclic) bond motifs is 9. The standard InChI is InChI=1S/C35H32ClF2N3.C34H31ClF2N4.C22H16ClN3.C17H24BrF2NO2.3O2S/c1-24-11-8-9-15-28(24)35-34(36)33-29-22-39-41(27-13-6-4-7-14-27)31(29)18-19-32(33)40(35)23-26-17-16-25(21-30(26)38)12-5-2-3-10-20-37;1-23-8-5-6-11-27(23)34-33(35)32-28-21-39-41(26-9-3-2-4-10-26)30(28)14-15-31(32)40(34)22-25-13-12-24(20-29(25)37)16-19-38-18-7-17-36;1-14-7-5-6-10-16(14)22-21(23)20-17-13-24-26(15-8-3-2-4-9-15)19(17)12-11-18(20)25-22;1-17(2,3)23-16(22)21(9-4-8-19)10-7-13-5-6-14(12-18)15(20)11-13;3*1-3-2/h4,6-9,11,13-19,21-22H,2-3,5,10,12,20,23H2,1H3;2-6,8-15,20-21,38H,7,16-19,22H2,1H3;2-13,24H,1H3;5-6,11H,4,7-10,12H2,1-3H3;;;. The van der Waals surface area contributed by atoms with E-state index >= 15 is 8.78 Å². The van der Waals surface area contributed by atoms with Crippen LogP contribution in [0.1, 0.15) is 109 Å². The van der Waals surface area contributed by atoms with E-state index in [1.165, 1.54) is 16.5 Å². The number of rotatable bonds is 29. The summed E-state index contributed by atoms with van der Waals surface area (Å²) >= 11 is 22.3. The molecule has 0 aliphatic heterocycles. The Labute approximate surface area is 841 Å². The van der Waals surface area contributed by atoms with Gasteiger partial charge in [-0.25, -0.2) is 32.3 Å². The molecule has 0 atom stereocenters. The zero-order chi connectivity index (χ0) is 99.9. The highest BCUT2D eigenvalue weighted by Gasteiger charge is 2.28. The van der Waals surface area contributed by atoms with Gasteiger partial charge in [0, 0.05) is 84.8 Å². The first-order valence-electron chi connectivity index (χ1n) is 45.3. The van der Waals surface area contributed by atoms with Crippen LogP contribution in [0.2, 0.25) is 15.1 Å². The van der Waals surface area contributed by atoms with Gasteiger partial charge >= 0.3 is 40.8 Å². The number of aromatic nitrogens is 9. The number of halogens is 10. The first-order chi connectivity index (χ1) is 67.9. The number of aryl methyl sites for hydroxylation is 4. The molecule has 18 rings (SSSR count). The molecular formula is C108H103BrCl3F6N11O8S3. The Morgan fingerprint density at radius 2 is 0.864 bits per heavy atom. The summed E-state index contributed by atoms with van der Waals surface area (Å²) in [7, 11) is 0. The Morgan fingerprint density at radius 3 is 1.32 bits per heavy atom. The van der Waals surface area contributed by atoms with Crippen LogP contribution in [0.3, 0.4) is 0 Å². The molecular weight excluding hydrogens is 1980 g/mol. The molecule has 0 fully saturated rings. The lowest BCUT2D eigenvalue weighted by Crippen LogP contribution is -2.38. The zero-order valence-corrected chi connectivity index (χ0v) is 84.0. The number of ether oxygens (including phenoxy) is 1. The van der Waals surface area contributed by atoms with Gasteiger partial charge in [0.2, 0.25) is 0 Å². The van der Waals surface area contributed by atoms with Gasteiger partial charge in [-0.15, -0.1) is 0 Å². The third-order valence-corrected chi connectivity index (χ3v) is 25.3. The number of aromatic amines is 1. The molecule has 140 heavy (non-hydrogen) atoms. The number of H-pyrrole nitrogens is 1. The van der Waals surface area contributed by atoms with Gasteiger partial charge in [-0.2, -0.15) is 35.5 Å². The second-order valence-corrected chi connectivity index (χ2v) is 36.0. The van der Waals surface area contributed by atoms with Gasteiger partial charge in [0.1, 0.15) is 23.1 Å². The molecule has 18 aromatic rings. The minimum Gasteiger partial charge on any atom is -0.444 e. The summed E-state index contributed by atoms with van der Waals surface area (Å²) < 4.78 is 147. The van der Waals surface area contributed by atoms with Crippen molar-refractivity contribution < 1.29 is 61.1 Å². The fourth-order valence-corrected chi connectivity index (χ4v) is 18.5. The molecule has 726 valence electrons. The molecule has 0 spiro atoms. The molecule has 0 saturated carbocycles. The van der Waals surface area contributed by atoms with Crippen LogP contribution in [-0.4, -0.2) is 132 Å². The van der Waals surface area contributed by atoms with Crippen molar-refractivity contribution in [2.45, 2.75) is 123 Å². The van der Waals surface area contributed by atoms with E-state index in [1.54, 1.807) is 39.0 Å². The SMILES string of the molecule is CC(C)(C)OC(=O)N(CCCF)CCc1ccc(CBr)c(F)c1.Cc1ccccc1-c1c(Cl)c2c3cnn(-c4ccccc4)c3ccc2n1Cc1ccc(CCCCCCF)cc1F.Cc1ccccc1-c1c(Cl)c2c3cnn(-c4ccccc4)c3ccc2n1Cc1ccc(CCNCCCF)cc1F.Cc1ccccc1-c1nc2ccc3c(c[nH]n3-c3ccccc3)c2c1Cl.O=S=O.O=S=O.O=S=O.